The maximum absolute atomic E-state index is 12.0. The predicted molar refractivity (Wildman–Crippen MR) is 107 cm³/mol. The fourth-order valence-corrected chi connectivity index (χ4v) is 2.30. The molecule has 7 nitrogen and oxygen atoms in total. The first-order valence-corrected chi connectivity index (χ1v) is 8.56. The number of aliphatic hydroxyl groups excluding tert-OH is 1. The zero-order valence-electron chi connectivity index (χ0n) is 15.9. The molecule has 0 spiro atoms. The zero-order chi connectivity index (χ0) is 20.7. The van der Waals surface area contributed by atoms with Crippen LogP contribution in [-0.4, -0.2) is 21.5 Å². The number of ether oxygens (including phenoxy) is 1. The van der Waals surface area contributed by atoms with Gasteiger partial charge in [-0.2, -0.15) is 0 Å². The molecule has 0 radical (unpaired) electrons. The first kappa shape index (κ1) is 20.7. The van der Waals surface area contributed by atoms with Crippen LogP contribution in [-0.2, 0) is 4.79 Å². The van der Waals surface area contributed by atoms with E-state index >= 15 is 0 Å². The summed E-state index contributed by atoms with van der Waals surface area (Å²) in [4.78, 5) is 22.3. The minimum absolute atomic E-state index is 0.0370. The highest BCUT2D eigenvalue weighted by atomic mass is 16.6. The molecule has 0 fully saturated rings. The second-order valence-corrected chi connectivity index (χ2v) is 7.04. The van der Waals surface area contributed by atoms with Crippen LogP contribution >= 0.6 is 0 Å². The summed E-state index contributed by atoms with van der Waals surface area (Å²) < 4.78 is 5.12. The molecule has 0 aliphatic heterocycles. The van der Waals surface area contributed by atoms with E-state index < -0.39 is 10.9 Å². The van der Waals surface area contributed by atoms with E-state index in [4.69, 9.17) is 4.74 Å². The third-order valence-electron chi connectivity index (χ3n) is 3.42. The summed E-state index contributed by atoms with van der Waals surface area (Å²) in [6.45, 7) is 5.78. The molecule has 2 rings (SSSR count). The molecule has 0 aromatic heterocycles. The summed E-state index contributed by atoms with van der Waals surface area (Å²) >= 11 is 0. The number of non-ortho nitro benzene ring substituents is 1. The maximum Gasteiger partial charge on any atom is 0.339 e. The highest BCUT2D eigenvalue weighted by Gasteiger charge is 2.15. The summed E-state index contributed by atoms with van der Waals surface area (Å²) in [5.74, 6) is -0.672. The molecule has 7 heteroatoms. The van der Waals surface area contributed by atoms with Gasteiger partial charge in [0.1, 0.15) is 11.5 Å². The smallest absolute Gasteiger partial charge is 0.339 e. The number of rotatable bonds is 6. The van der Waals surface area contributed by atoms with Crippen LogP contribution in [0.15, 0.2) is 72.5 Å². The van der Waals surface area contributed by atoms with Crippen LogP contribution < -0.4 is 10.1 Å². The van der Waals surface area contributed by atoms with E-state index in [1.807, 2.05) is 20.8 Å². The van der Waals surface area contributed by atoms with Gasteiger partial charge in [0.2, 0.25) is 0 Å². The molecule has 0 atom stereocenters. The largest absolute Gasteiger partial charge is 0.508 e. The van der Waals surface area contributed by atoms with Crippen molar-refractivity contribution in [3.05, 3.63) is 88.2 Å². The Kier molecular flexibility index (Phi) is 6.55. The van der Waals surface area contributed by atoms with Crippen molar-refractivity contribution in [2.75, 3.05) is 0 Å². The Morgan fingerprint density at radius 1 is 1.07 bits per heavy atom. The molecule has 146 valence electrons. The van der Waals surface area contributed by atoms with Crippen LogP contribution in [0.4, 0.5) is 5.69 Å². The zero-order valence-corrected chi connectivity index (χ0v) is 15.9. The van der Waals surface area contributed by atoms with E-state index in [9.17, 15) is 20.0 Å². The summed E-state index contributed by atoms with van der Waals surface area (Å²) in [5.41, 5.74) is 0.740. The van der Waals surface area contributed by atoms with Gasteiger partial charge in [-0.25, -0.2) is 4.79 Å². The minimum atomic E-state index is -0.723. The lowest BCUT2D eigenvalue weighted by Gasteiger charge is -2.24. The number of allylic oxidation sites excluding steroid dienone is 1. The average molecular weight is 382 g/mol. The van der Waals surface area contributed by atoms with Gasteiger partial charge in [0.15, 0.2) is 0 Å². The van der Waals surface area contributed by atoms with Crippen LogP contribution in [0.3, 0.4) is 0 Å². The fraction of sp³-hybridized carbons (Fsp3) is 0.190. The maximum atomic E-state index is 12.0. The van der Waals surface area contributed by atoms with Crippen molar-refractivity contribution in [2.45, 2.75) is 26.3 Å². The van der Waals surface area contributed by atoms with Crippen molar-refractivity contribution in [2.24, 2.45) is 0 Å². The average Bonchev–Trinajstić information content (AvgIpc) is 2.60. The van der Waals surface area contributed by atoms with E-state index in [0.29, 0.717) is 17.0 Å². The van der Waals surface area contributed by atoms with Gasteiger partial charge in [-0.1, -0.05) is 18.2 Å². The Morgan fingerprint density at radius 3 is 2.21 bits per heavy atom. The molecule has 0 saturated heterocycles. The van der Waals surface area contributed by atoms with Gasteiger partial charge in [0.25, 0.3) is 5.69 Å². The molecule has 0 aliphatic rings. The third kappa shape index (κ3) is 6.60. The highest BCUT2D eigenvalue weighted by molar-refractivity contribution is 5.85. The normalized spacial score (nSPS) is 12.4. The number of aliphatic hydroxyl groups is 1. The van der Waals surface area contributed by atoms with E-state index in [0.717, 1.165) is 6.08 Å². The Hall–Kier alpha value is -3.61. The van der Waals surface area contributed by atoms with Gasteiger partial charge in [0.05, 0.1) is 11.0 Å². The second-order valence-electron chi connectivity index (χ2n) is 7.04. The van der Waals surface area contributed by atoms with Crippen molar-refractivity contribution in [3.8, 4) is 5.75 Å². The molecular formula is C21H22N2O5. The Labute approximate surface area is 163 Å². The van der Waals surface area contributed by atoms with Crippen molar-refractivity contribution in [3.63, 3.8) is 0 Å². The van der Waals surface area contributed by atoms with Crippen LogP contribution in [0.25, 0.3) is 5.70 Å². The van der Waals surface area contributed by atoms with Crippen LogP contribution in [0.1, 0.15) is 26.3 Å². The molecular weight excluding hydrogens is 360 g/mol. The first-order chi connectivity index (χ1) is 13.1. The molecule has 0 aliphatic carbocycles. The standard InChI is InChI=1S/C21H22N2O5/c1-21(2,3)22-19(15-9-11-16(12-10-15)23(26)27)13-17(24)14-20(25)28-18-7-5-4-6-8-18/h4-14,22,24H,1-3H3/b17-14-,19-13-. The number of carbonyl (C=O) groups excluding carboxylic acids is 1. The molecule has 0 saturated carbocycles. The van der Waals surface area contributed by atoms with Crippen molar-refractivity contribution < 1.29 is 19.6 Å². The van der Waals surface area contributed by atoms with E-state index in [2.05, 4.69) is 5.32 Å². The van der Waals surface area contributed by atoms with E-state index in [1.165, 1.54) is 18.2 Å². The third-order valence-corrected chi connectivity index (χ3v) is 3.42. The number of esters is 1. The van der Waals surface area contributed by atoms with Crippen LogP contribution in [0, 0.1) is 10.1 Å². The van der Waals surface area contributed by atoms with Gasteiger partial charge < -0.3 is 15.2 Å². The van der Waals surface area contributed by atoms with Crippen molar-refractivity contribution in [1.29, 1.82) is 0 Å². The topological polar surface area (TPSA) is 102 Å². The molecule has 0 bridgehead atoms. The quantitative estimate of drug-likeness (QED) is 0.146. The summed E-state index contributed by atoms with van der Waals surface area (Å²) in [6.07, 6.45) is 2.33. The van der Waals surface area contributed by atoms with E-state index in [1.54, 1.807) is 42.5 Å². The lowest BCUT2D eigenvalue weighted by atomic mass is 10.0. The van der Waals surface area contributed by atoms with Crippen LogP contribution in [0.2, 0.25) is 0 Å². The predicted octanol–water partition coefficient (Wildman–Crippen LogP) is 4.37. The lowest BCUT2D eigenvalue weighted by molar-refractivity contribution is -0.384. The second kappa shape index (κ2) is 8.85. The molecule has 28 heavy (non-hydrogen) atoms. The number of hydrogen-bond donors (Lipinski definition) is 2. The summed E-state index contributed by atoms with van der Waals surface area (Å²) in [6, 6.07) is 14.4. The lowest BCUT2D eigenvalue weighted by Crippen LogP contribution is -2.34. The number of hydrogen-bond acceptors (Lipinski definition) is 6. The number of benzene rings is 2. The molecule has 0 heterocycles. The van der Waals surface area contributed by atoms with Crippen molar-refractivity contribution >= 4 is 17.4 Å². The Bertz CT molecular complexity index is 895. The molecule has 2 aromatic carbocycles. The van der Waals surface area contributed by atoms with Gasteiger partial charge in [-0.3, -0.25) is 10.1 Å². The fourth-order valence-electron chi connectivity index (χ4n) is 2.30. The number of carbonyl (C=O) groups is 1. The minimum Gasteiger partial charge on any atom is -0.508 e. The van der Waals surface area contributed by atoms with Crippen molar-refractivity contribution in [1.82, 2.24) is 5.32 Å². The summed E-state index contributed by atoms with van der Waals surface area (Å²) in [7, 11) is 0. The number of para-hydroxylation sites is 1. The Morgan fingerprint density at radius 2 is 1.68 bits per heavy atom. The van der Waals surface area contributed by atoms with Gasteiger partial charge in [-0.05, 0) is 50.6 Å². The molecule has 2 N–H and O–H groups in total. The van der Waals surface area contributed by atoms with Gasteiger partial charge >= 0.3 is 5.97 Å². The SMILES string of the molecule is CC(C)(C)N/C(=C\C(O)=C\C(=O)Oc1ccccc1)c1ccc([N+](=O)[O-])cc1. The van der Waals surface area contributed by atoms with Gasteiger partial charge in [-0.15, -0.1) is 0 Å². The number of nitrogens with zero attached hydrogens (tertiary/aromatic N) is 1. The monoisotopic (exact) mass is 382 g/mol. The number of nitro groups is 1. The number of nitro benzene ring substituents is 1. The van der Waals surface area contributed by atoms with Crippen LogP contribution in [0.5, 0.6) is 5.75 Å². The molecule has 0 unspecified atom stereocenters. The van der Waals surface area contributed by atoms with E-state index in [-0.39, 0.29) is 17.0 Å². The number of nitrogens with one attached hydrogen (secondary N) is 1. The first-order valence-electron chi connectivity index (χ1n) is 8.56. The van der Waals surface area contributed by atoms with Gasteiger partial charge in [0, 0.05) is 29.4 Å². The molecule has 0 amide bonds. The molecule has 2 aromatic rings. The Balaban J connectivity index is 2.27. The highest BCUT2D eigenvalue weighted by Crippen LogP contribution is 2.21. The summed E-state index contributed by atoms with van der Waals surface area (Å²) in [5, 5.41) is 24.3.